The first-order valence-corrected chi connectivity index (χ1v) is 5.16. The first kappa shape index (κ1) is 9.60. The summed E-state index contributed by atoms with van der Waals surface area (Å²) in [6, 6.07) is 10.0. The van der Waals surface area contributed by atoms with E-state index < -0.39 is 0 Å². The number of nitrogens with one attached hydrogen (secondary N) is 1. The molecule has 3 aromatic rings. The van der Waals surface area contributed by atoms with E-state index in [4.69, 9.17) is 5.26 Å². The summed E-state index contributed by atoms with van der Waals surface area (Å²) in [6.45, 7) is 0. The number of fused-ring (bicyclic) bond motifs is 1. The summed E-state index contributed by atoms with van der Waals surface area (Å²) >= 11 is 0. The SMILES string of the molecule is Cn1cc(-c2n[nH]nc2C#N)c2ccccc21. The van der Waals surface area contributed by atoms with Crippen LogP contribution in [0.3, 0.4) is 0 Å². The predicted octanol–water partition coefficient (Wildman–Crippen LogP) is 1.84. The second-order valence-corrected chi connectivity index (χ2v) is 3.80. The summed E-state index contributed by atoms with van der Waals surface area (Å²) in [5, 5.41) is 20.4. The molecule has 17 heavy (non-hydrogen) atoms. The van der Waals surface area contributed by atoms with E-state index in [1.807, 2.05) is 48.1 Å². The Morgan fingerprint density at radius 2 is 2.12 bits per heavy atom. The molecule has 5 nitrogen and oxygen atoms in total. The molecule has 0 atom stereocenters. The quantitative estimate of drug-likeness (QED) is 0.684. The van der Waals surface area contributed by atoms with Crippen LogP contribution in [0.4, 0.5) is 0 Å². The molecule has 0 bridgehead atoms. The number of aromatic nitrogens is 4. The van der Waals surface area contributed by atoms with E-state index in [9.17, 15) is 0 Å². The number of nitriles is 1. The number of nitrogens with zero attached hydrogens (tertiary/aromatic N) is 4. The number of aryl methyl sites for hydroxylation is 1. The fourth-order valence-corrected chi connectivity index (χ4v) is 2.03. The van der Waals surface area contributed by atoms with Crippen molar-refractivity contribution >= 4 is 10.9 Å². The highest BCUT2D eigenvalue weighted by atomic mass is 15.3. The Bertz CT molecular complexity index is 729. The minimum absolute atomic E-state index is 0.321. The number of hydrogen-bond acceptors (Lipinski definition) is 3. The van der Waals surface area contributed by atoms with Crippen molar-refractivity contribution in [3.8, 4) is 17.3 Å². The molecule has 3 rings (SSSR count). The van der Waals surface area contributed by atoms with E-state index >= 15 is 0 Å². The second-order valence-electron chi connectivity index (χ2n) is 3.80. The van der Waals surface area contributed by atoms with Gasteiger partial charge in [0.25, 0.3) is 0 Å². The van der Waals surface area contributed by atoms with Crippen molar-refractivity contribution in [3.63, 3.8) is 0 Å². The molecular formula is C12H9N5. The zero-order valence-electron chi connectivity index (χ0n) is 9.18. The summed E-state index contributed by atoms with van der Waals surface area (Å²) in [6.07, 6.45) is 1.96. The van der Waals surface area contributed by atoms with Gasteiger partial charge in [0, 0.05) is 29.7 Å². The van der Waals surface area contributed by atoms with Gasteiger partial charge < -0.3 is 4.57 Å². The Morgan fingerprint density at radius 3 is 2.94 bits per heavy atom. The zero-order valence-corrected chi connectivity index (χ0v) is 9.18. The van der Waals surface area contributed by atoms with Gasteiger partial charge in [0.05, 0.1) is 0 Å². The van der Waals surface area contributed by atoms with E-state index in [1.165, 1.54) is 0 Å². The molecule has 0 saturated carbocycles. The standard InChI is InChI=1S/C12H9N5/c1-17-7-9(8-4-2-3-5-11(8)17)12-10(6-13)14-16-15-12/h2-5,7H,1H3,(H,14,15,16). The zero-order chi connectivity index (χ0) is 11.8. The first-order valence-electron chi connectivity index (χ1n) is 5.16. The Labute approximate surface area is 97.3 Å². The van der Waals surface area contributed by atoms with Gasteiger partial charge in [0.15, 0.2) is 5.69 Å². The van der Waals surface area contributed by atoms with E-state index in [-0.39, 0.29) is 0 Å². The lowest BCUT2D eigenvalue weighted by atomic mass is 10.1. The van der Waals surface area contributed by atoms with Crippen LogP contribution in [0, 0.1) is 11.3 Å². The van der Waals surface area contributed by atoms with E-state index in [2.05, 4.69) is 15.4 Å². The van der Waals surface area contributed by atoms with Crippen LogP contribution in [0.5, 0.6) is 0 Å². The van der Waals surface area contributed by atoms with Gasteiger partial charge in [-0.1, -0.05) is 18.2 Å². The van der Waals surface area contributed by atoms with Gasteiger partial charge >= 0.3 is 0 Å². The molecule has 0 unspecified atom stereocenters. The van der Waals surface area contributed by atoms with Crippen molar-refractivity contribution in [2.24, 2.45) is 7.05 Å². The maximum absolute atomic E-state index is 8.97. The highest BCUT2D eigenvalue weighted by Gasteiger charge is 2.15. The smallest absolute Gasteiger partial charge is 0.190 e. The van der Waals surface area contributed by atoms with Crippen molar-refractivity contribution in [1.82, 2.24) is 20.0 Å². The van der Waals surface area contributed by atoms with Crippen LogP contribution in [0.25, 0.3) is 22.2 Å². The highest BCUT2D eigenvalue weighted by Crippen LogP contribution is 2.29. The van der Waals surface area contributed by atoms with Crippen LogP contribution in [-0.4, -0.2) is 20.0 Å². The molecule has 1 N–H and O–H groups in total. The average Bonchev–Trinajstić information content (AvgIpc) is 2.94. The number of aromatic amines is 1. The molecular weight excluding hydrogens is 214 g/mol. The Kier molecular flexibility index (Phi) is 1.95. The van der Waals surface area contributed by atoms with E-state index in [1.54, 1.807) is 0 Å². The van der Waals surface area contributed by atoms with Gasteiger partial charge in [-0.3, -0.25) is 0 Å². The fraction of sp³-hybridized carbons (Fsp3) is 0.0833. The molecule has 82 valence electrons. The van der Waals surface area contributed by atoms with Crippen LogP contribution < -0.4 is 0 Å². The van der Waals surface area contributed by atoms with Crippen molar-refractivity contribution in [1.29, 1.82) is 5.26 Å². The van der Waals surface area contributed by atoms with Crippen molar-refractivity contribution in [3.05, 3.63) is 36.2 Å². The molecule has 2 aromatic heterocycles. The molecule has 0 spiro atoms. The minimum atomic E-state index is 0.321. The molecule has 0 fully saturated rings. The van der Waals surface area contributed by atoms with Crippen molar-refractivity contribution < 1.29 is 0 Å². The number of rotatable bonds is 1. The normalized spacial score (nSPS) is 10.6. The molecule has 0 amide bonds. The number of benzene rings is 1. The van der Waals surface area contributed by atoms with Crippen LogP contribution >= 0.6 is 0 Å². The Hall–Kier alpha value is -2.61. The van der Waals surface area contributed by atoms with Crippen LogP contribution in [0.15, 0.2) is 30.5 Å². The van der Waals surface area contributed by atoms with Crippen molar-refractivity contribution in [2.45, 2.75) is 0 Å². The third-order valence-electron chi connectivity index (χ3n) is 2.81. The molecule has 2 heterocycles. The number of hydrogen-bond donors (Lipinski definition) is 1. The third kappa shape index (κ3) is 1.31. The van der Waals surface area contributed by atoms with E-state index in [0.717, 1.165) is 16.5 Å². The summed E-state index contributed by atoms with van der Waals surface area (Å²) in [5.74, 6) is 0. The Morgan fingerprint density at radius 1 is 1.29 bits per heavy atom. The fourth-order valence-electron chi connectivity index (χ4n) is 2.03. The molecule has 5 heteroatoms. The van der Waals surface area contributed by atoms with Crippen LogP contribution in [-0.2, 0) is 7.05 Å². The monoisotopic (exact) mass is 223 g/mol. The van der Waals surface area contributed by atoms with Crippen molar-refractivity contribution in [2.75, 3.05) is 0 Å². The summed E-state index contributed by atoms with van der Waals surface area (Å²) in [4.78, 5) is 0. The highest BCUT2D eigenvalue weighted by molar-refractivity contribution is 5.95. The maximum atomic E-state index is 8.97. The lowest BCUT2D eigenvalue weighted by molar-refractivity contribution is 0.936. The average molecular weight is 223 g/mol. The molecule has 0 aliphatic rings. The summed E-state index contributed by atoms with van der Waals surface area (Å²) < 4.78 is 2.01. The van der Waals surface area contributed by atoms with Gasteiger partial charge in [-0.25, -0.2) is 0 Å². The largest absolute Gasteiger partial charge is 0.350 e. The predicted molar refractivity (Wildman–Crippen MR) is 63.0 cm³/mol. The third-order valence-corrected chi connectivity index (χ3v) is 2.81. The van der Waals surface area contributed by atoms with Crippen LogP contribution in [0.2, 0.25) is 0 Å². The van der Waals surface area contributed by atoms with Gasteiger partial charge in [-0.2, -0.15) is 15.6 Å². The maximum Gasteiger partial charge on any atom is 0.190 e. The minimum Gasteiger partial charge on any atom is -0.350 e. The topological polar surface area (TPSA) is 70.3 Å². The molecule has 0 aliphatic heterocycles. The number of H-pyrrole nitrogens is 1. The van der Waals surface area contributed by atoms with Crippen LogP contribution in [0.1, 0.15) is 5.69 Å². The van der Waals surface area contributed by atoms with Gasteiger partial charge in [-0.15, -0.1) is 5.10 Å². The number of para-hydroxylation sites is 1. The van der Waals surface area contributed by atoms with E-state index in [0.29, 0.717) is 11.4 Å². The lowest BCUT2D eigenvalue weighted by Gasteiger charge is -1.93. The molecule has 0 saturated heterocycles. The van der Waals surface area contributed by atoms with Gasteiger partial charge in [-0.05, 0) is 6.07 Å². The van der Waals surface area contributed by atoms with Gasteiger partial charge in [0.2, 0.25) is 0 Å². The lowest BCUT2D eigenvalue weighted by Crippen LogP contribution is -1.82. The molecule has 0 radical (unpaired) electrons. The Balaban J connectivity index is 2.36. The molecule has 0 aliphatic carbocycles. The summed E-state index contributed by atoms with van der Waals surface area (Å²) in [7, 11) is 1.97. The summed E-state index contributed by atoms with van der Waals surface area (Å²) in [5.41, 5.74) is 2.95. The molecule has 1 aromatic carbocycles. The van der Waals surface area contributed by atoms with Gasteiger partial charge in [0.1, 0.15) is 11.8 Å². The first-order chi connectivity index (χ1) is 8.31. The second kappa shape index (κ2) is 3.46.